The van der Waals surface area contributed by atoms with Gasteiger partial charge in [0, 0.05) is 10.7 Å². The molecular weight excluding hydrogens is 292 g/mol. The van der Waals surface area contributed by atoms with Crippen LogP contribution in [0.15, 0.2) is 42.5 Å². The first kappa shape index (κ1) is 14.9. The van der Waals surface area contributed by atoms with E-state index in [2.05, 4.69) is 10.6 Å². The molecule has 0 heterocycles. The molecule has 0 aliphatic heterocycles. The Balaban J connectivity index is 2.17. The van der Waals surface area contributed by atoms with Gasteiger partial charge in [-0.1, -0.05) is 29.8 Å². The number of anilines is 2. The minimum absolute atomic E-state index is 0.0672. The molecule has 21 heavy (non-hydrogen) atoms. The molecule has 0 radical (unpaired) electrons. The highest BCUT2D eigenvalue weighted by Crippen LogP contribution is 2.21. The molecule has 0 unspecified atom stereocenters. The van der Waals surface area contributed by atoms with Crippen molar-refractivity contribution in [2.24, 2.45) is 0 Å². The number of urea groups is 1. The number of carbonyl (C=O) groups excluding carboxylic acids is 1. The molecule has 0 bridgehead atoms. The maximum absolute atomic E-state index is 11.9. The standard InChI is InChI=1S/C15H13ClN2O3/c1-9-4-2-3-5-12(9)17-15(21)18-13-7-6-10(16)8-11(13)14(19)20/h2-8H,1H3,(H,19,20)(H2,17,18,21). The molecule has 108 valence electrons. The Hall–Kier alpha value is -2.53. The predicted octanol–water partition coefficient (Wildman–Crippen LogP) is 3.99. The van der Waals surface area contributed by atoms with Crippen LogP contribution in [0.2, 0.25) is 5.02 Å². The molecule has 0 aliphatic rings. The van der Waals surface area contributed by atoms with E-state index in [1.54, 1.807) is 12.1 Å². The van der Waals surface area contributed by atoms with Crippen molar-refractivity contribution in [3.63, 3.8) is 0 Å². The highest BCUT2D eigenvalue weighted by atomic mass is 35.5. The van der Waals surface area contributed by atoms with E-state index in [4.69, 9.17) is 16.7 Å². The molecule has 2 amide bonds. The second-order valence-corrected chi connectivity index (χ2v) is 4.83. The molecule has 2 aromatic carbocycles. The third-order valence-corrected chi connectivity index (χ3v) is 3.09. The van der Waals surface area contributed by atoms with Crippen LogP contribution in [-0.4, -0.2) is 17.1 Å². The van der Waals surface area contributed by atoms with E-state index in [9.17, 15) is 9.59 Å². The smallest absolute Gasteiger partial charge is 0.337 e. The van der Waals surface area contributed by atoms with Gasteiger partial charge in [0.1, 0.15) is 0 Å². The number of carboxylic acid groups (broad SMARTS) is 1. The van der Waals surface area contributed by atoms with Crippen molar-refractivity contribution < 1.29 is 14.7 Å². The monoisotopic (exact) mass is 304 g/mol. The van der Waals surface area contributed by atoms with Crippen molar-refractivity contribution in [3.8, 4) is 0 Å². The van der Waals surface area contributed by atoms with Crippen LogP contribution in [0.25, 0.3) is 0 Å². The lowest BCUT2D eigenvalue weighted by molar-refractivity contribution is 0.0698. The van der Waals surface area contributed by atoms with Gasteiger partial charge in [0.2, 0.25) is 0 Å². The zero-order valence-electron chi connectivity index (χ0n) is 11.2. The summed E-state index contributed by atoms with van der Waals surface area (Å²) in [6.45, 7) is 1.86. The second kappa shape index (κ2) is 6.28. The number of para-hydroxylation sites is 1. The lowest BCUT2D eigenvalue weighted by Crippen LogP contribution is -2.21. The number of aromatic carboxylic acids is 1. The minimum atomic E-state index is -1.16. The summed E-state index contributed by atoms with van der Waals surface area (Å²) < 4.78 is 0. The van der Waals surface area contributed by atoms with Crippen LogP contribution in [0.4, 0.5) is 16.2 Å². The first-order valence-electron chi connectivity index (χ1n) is 6.14. The molecule has 0 atom stereocenters. The molecule has 6 heteroatoms. The molecule has 0 aliphatic carbocycles. The van der Waals surface area contributed by atoms with Crippen molar-refractivity contribution in [2.75, 3.05) is 10.6 Å². The predicted molar refractivity (Wildman–Crippen MR) is 82.2 cm³/mol. The zero-order chi connectivity index (χ0) is 15.4. The van der Waals surface area contributed by atoms with E-state index in [1.807, 2.05) is 19.1 Å². The highest BCUT2D eigenvalue weighted by molar-refractivity contribution is 6.31. The number of benzene rings is 2. The van der Waals surface area contributed by atoms with Crippen molar-refractivity contribution in [3.05, 3.63) is 58.6 Å². The van der Waals surface area contributed by atoms with Crippen LogP contribution in [0.1, 0.15) is 15.9 Å². The molecule has 3 N–H and O–H groups in total. The largest absolute Gasteiger partial charge is 0.478 e. The molecule has 0 saturated carbocycles. The van der Waals surface area contributed by atoms with E-state index < -0.39 is 12.0 Å². The molecule has 5 nitrogen and oxygen atoms in total. The van der Waals surface area contributed by atoms with Crippen LogP contribution in [-0.2, 0) is 0 Å². The number of halogens is 1. The van der Waals surface area contributed by atoms with Gasteiger partial charge in [-0.25, -0.2) is 9.59 Å². The summed E-state index contributed by atoms with van der Waals surface area (Å²) in [7, 11) is 0. The van der Waals surface area contributed by atoms with Crippen LogP contribution in [0.3, 0.4) is 0 Å². The lowest BCUT2D eigenvalue weighted by Gasteiger charge is -2.11. The Bertz CT molecular complexity index is 701. The summed E-state index contributed by atoms with van der Waals surface area (Å²) in [5, 5.41) is 14.6. The number of aryl methyl sites for hydroxylation is 1. The summed E-state index contributed by atoms with van der Waals surface area (Å²) in [5.41, 5.74) is 1.67. The normalized spacial score (nSPS) is 10.0. The van der Waals surface area contributed by atoms with E-state index in [0.29, 0.717) is 5.69 Å². The highest BCUT2D eigenvalue weighted by Gasteiger charge is 2.13. The van der Waals surface area contributed by atoms with Crippen LogP contribution >= 0.6 is 11.6 Å². The minimum Gasteiger partial charge on any atom is -0.478 e. The van der Waals surface area contributed by atoms with Gasteiger partial charge >= 0.3 is 12.0 Å². The van der Waals surface area contributed by atoms with E-state index in [0.717, 1.165) is 5.56 Å². The van der Waals surface area contributed by atoms with Gasteiger partial charge in [-0.3, -0.25) is 0 Å². The van der Waals surface area contributed by atoms with Gasteiger partial charge in [0.15, 0.2) is 0 Å². The maximum Gasteiger partial charge on any atom is 0.337 e. The van der Waals surface area contributed by atoms with Crippen molar-refractivity contribution >= 4 is 35.0 Å². The first-order valence-corrected chi connectivity index (χ1v) is 6.51. The number of carbonyl (C=O) groups is 2. The SMILES string of the molecule is Cc1ccccc1NC(=O)Nc1ccc(Cl)cc1C(=O)O. The topological polar surface area (TPSA) is 78.4 Å². The summed E-state index contributed by atoms with van der Waals surface area (Å²) in [5.74, 6) is -1.16. The Kier molecular flexibility index (Phi) is 4.45. The van der Waals surface area contributed by atoms with Crippen LogP contribution in [0, 0.1) is 6.92 Å². The van der Waals surface area contributed by atoms with Gasteiger partial charge in [-0.05, 0) is 36.8 Å². The average Bonchev–Trinajstić information content (AvgIpc) is 2.43. The van der Waals surface area contributed by atoms with Gasteiger partial charge in [-0.15, -0.1) is 0 Å². The molecule has 2 aromatic rings. The van der Waals surface area contributed by atoms with Crippen molar-refractivity contribution in [1.82, 2.24) is 0 Å². The molecule has 0 saturated heterocycles. The quantitative estimate of drug-likeness (QED) is 0.802. The third kappa shape index (κ3) is 3.73. The Morgan fingerprint density at radius 2 is 1.71 bits per heavy atom. The summed E-state index contributed by atoms with van der Waals surface area (Å²) in [6.07, 6.45) is 0. The van der Waals surface area contributed by atoms with E-state index in [-0.39, 0.29) is 16.3 Å². The van der Waals surface area contributed by atoms with Gasteiger partial charge in [0.05, 0.1) is 11.3 Å². The number of carboxylic acids is 1. The second-order valence-electron chi connectivity index (χ2n) is 4.39. The van der Waals surface area contributed by atoms with Gasteiger partial charge in [-0.2, -0.15) is 0 Å². The number of rotatable bonds is 3. The van der Waals surface area contributed by atoms with Crippen LogP contribution in [0.5, 0.6) is 0 Å². The Labute approximate surface area is 126 Å². The van der Waals surface area contributed by atoms with Crippen molar-refractivity contribution in [2.45, 2.75) is 6.92 Å². The molecule has 0 aromatic heterocycles. The van der Waals surface area contributed by atoms with Gasteiger partial charge in [0.25, 0.3) is 0 Å². The lowest BCUT2D eigenvalue weighted by atomic mass is 10.2. The van der Waals surface area contributed by atoms with Gasteiger partial charge < -0.3 is 15.7 Å². The summed E-state index contributed by atoms with van der Waals surface area (Å²) >= 11 is 5.76. The fourth-order valence-corrected chi connectivity index (χ4v) is 1.96. The number of nitrogens with one attached hydrogen (secondary N) is 2. The average molecular weight is 305 g/mol. The molecule has 2 rings (SSSR count). The Morgan fingerprint density at radius 1 is 1.05 bits per heavy atom. The first-order chi connectivity index (χ1) is 9.97. The summed E-state index contributed by atoms with van der Waals surface area (Å²) in [6, 6.07) is 11.0. The van der Waals surface area contributed by atoms with E-state index in [1.165, 1.54) is 18.2 Å². The zero-order valence-corrected chi connectivity index (χ0v) is 11.9. The fraction of sp³-hybridized carbons (Fsp3) is 0.0667. The molecular formula is C15H13ClN2O3. The third-order valence-electron chi connectivity index (χ3n) is 2.85. The number of hydrogen-bond donors (Lipinski definition) is 3. The van der Waals surface area contributed by atoms with Crippen molar-refractivity contribution in [1.29, 1.82) is 0 Å². The summed E-state index contributed by atoms with van der Waals surface area (Å²) in [4.78, 5) is 23.1. The number of amides is 2. The van der Waals surface area contributed by atoms with Crippen LogP contribution < -0.4 is 10.6 Å². The maximum atomic E-state index is 11.9. The molecule has 0 spiro atoms. The molecule has 0 fully saturated rings. The Morgan fingerprint density at radius 3 is 2.38 bits per heavy atom. The fourth-order valence-electron chi connectivity index (χ4n) is 1.79. The number of hydrogen-bond acceptors (Lipinski definition) is 2. The van der Waals surface area contributed by atoms with E-state index >= 15 is 0 Å².